The van der Waals surface area contributed by atoms with Crippen molar-refractivity contribution in [3.05, 3.63) is 30.0 Å². The van der Waals surface area contributed by atoms with Crippen LogP contribution in [0.2, 0.25) is 0 Å². The molecule has 1 unspecified atom stereocenters. The molecule has 2 aliphatic rings. The number of pyridine rings is 1. The van der Waals surface area contributed by atoms with Gasteiger partial charge in [0.2, 0.25) is 11.8 Å². The van der Waals surface area contributed by atoms with E-state index in [1.54, 1.807) is 29.3 Å². The van der Waals surface area contributed by atoms with Gasteiger partial charge in [0, 0.05) is 36.5 Å². The van der Waals surface area contributed by atoms with Crippen molar-refractivity contribution in [3.8, 4) is 17.7 Å². The number of hydrogen-bond donors (Lipinski definition) is 1. The number of nitriles is 1. The molecule has 29 heavy (non-hydrogen) atoms. The van der Waals surface area contributed by atoms with Crippen molar-refractivity contribution < 1.29 is 19.1 Å². The number of amides is 2. The lowest BCUT2D eigenvalue weighted by Gasteiger charge is -2.59. The van der Waals surface area contributed by atoms with Crippen LogP contribution in [0.3, 0.4) is 0 Å². The van der Waals surface area contributed by atoms with Crippen molar-refractivity contribution in [2.75, 3.05) is 6.54 Å². The zero-order valence-corrected chi connectivity index (χ0v) is 16.3. The van der Waals surface area contributed by atoms with E-state index in [0.29, 0.717) is 30.2 Å². The summed E-state index contributed by atoms with van der Waals surface area (Å²) < 4.78 is 11.9. The van der Waals surface area contributed by atoms with E-state index in [1.807, 2.05) is 19.9 Å². The number of benzene rings is 1. The summed E-state index contributed by atoms with van der Waals surface area (Å²) >= 11 is 0. The first-order valence-corrected chi connectivity index (χ1v) is 9.61. The van der Waals surface area contributed by atoms with Crippen LogP contribution in [0.25, 0.3) is 10.8 Å². The Hall–Kier alpha value is -3.34. The third-order valence-corrected chi connectivity index (χ3v) is 5.52. The molecule has 2 aromatic rings. The molecule has 150 valence electrons. The van der Waals surface area contributed by atoms with Gasteiger partial charge in [0.15, 0.2) is 0 Å². The maximum atomic E-state index is 11.9. The number of likely N-dealkylation sites (tertiary alicyclic amines) is 1. The fraction of sp³-hybridized carbons (Fsp3) is 0.429. The van der Waals surface area contributed by atoms with Gasteiger partial charge >= 0.3 is 0 Å². The van der Waals surface area contributed by atoms with Gasteiger partial charge in [0.25, 0.3) is 5.91 Å². The molecule has 1 aliphatic heterocycles. The first-order valence-electron chi connectivity index (χ1n) is 9.61. The molecule has 3 atom stereocenters. The van der Waals surface area contributed by atoms with Crippen LogP contribution in [0.5, 0.6) is 11.6 Å². The lowest BCUT2D eigenvalue weighted by atomic mass is 9.68. The summed E-state index contributed by atoms with van der Waals surface area (Å²) in [5.74, 6) is 0.454. The van der Waals surface area contributed by atoms with Gasteiger partial charge in [-0.2, -0.15) is 5.26 Å². The van der Waals surface area contributed by atoms with Gasteiger partial charge in [-0.05, 0) is 37.4 Å². The van der Waals surface area contributed by atoms with Crippen LogP contribution < -0.4 is 15.2 Å². The monoisotopic (exact) mass is 394 g/mol. The van der Waals surface area contributed by atoms with Gasteiger partial charge in [0.05, 0.1) is 17.7 Å². The predicted octanol–water partition coefficient (Wildman–Crippen LogP) is 2.01. The molecule has 8 heteroatoms. The zero-order valence-electron chi connectivity index (χ0n) is 16.3. The van der Waals surface area contributed by atoms with E-state index in [2.05, 4.69) is 4.98 Å². The largest absolute Gasteiger partial charge is 0.490 e. The molecule has 2 amide bonds. The minimum Gasteiger partial charge on any atom is -0.490 e. The Morgan fingerprint density at radius 2 is 2.21 bits per heavy atom. The molecule has 1 saturated heterocycles. The van der Waals surface area contributed by atoms with E-state index in [9.17, 15) is 9.59 Å². The van der Waals surface area contributed by atoms with Crippen LogP contribution >= 0.6 is 0 Å². The average Bonchev–Trinajstić information content (AvgIpc) is 2.64. The Labute approximate surface area is 168 Å². The van der Waals surface area contributed by atoms with Gasteiger partial charge in [0.1, 0.15) is 18.3 Å². The number of rotatable bonds is 6. The second-order valence-corrected chi connectivity index (χ2v) is 7.72. The maximum Gasteiger partial charge on any atom is 0.252 e. The number of piperidine rings is 1. The van der Waals surface area contributed by atoms with Crippen molar-refractivity contribution in [2.24, 2.45) is 11.7 Å². The van der Waals surface area contributed by atoms with Gasteiger partial charge in [-0.3, -0.25) is 9.59 Å². The topological polar surface area (TPSA) is 119 Å². The number of fused-ring (bicyclic) bond motifs is 2. The lowest BCUT2D eigenvalue weighted by Crippen LogP contribution is -2.71. The van der Waals surface area contributed by atoms with E-state index in [0.717, 1.165) is 10.8 Å². The van der Waals surface area contributed by atoms with E-state index >= 15 is 0 Å². The zero-order chi connectivity index (χ0) is 20.7. The number of hydrogen-bond acceptors (Lipinski definition) is 6. The Morgan fingerprint density at radius 3 is 2.83 bits per heavy atom. The first kappa shape index (κ1) is 19.0. The fourth-order valence-corrected chi connectivity index (χ4v) is 4.01. The van der Waals surface area contributed by atoms with Crippen LogP contribution in [0.15, 0.2) is 24.4 Å². The molecular formula is C21H22N4O4. The predicted molar refractivity (Wildman–Crippen MR) is 104 cm³/mol. The molecule has 1 aromatic carbocycles. The summed E-state index contributed by atoms with van der Waals surface area (Å²) in [6.07, 6.45) is 2.11. The van der Waals surface area contributed by atoms with Crippen molar-refractivity contribution in [1.29, 1.82) is 5.26 Å². The van der Waals surface area contributed by atoms with Gasteiger partial charge in [-0.25, -0.2) is 4.98 Å². The summed E-state index contributed by atoms with van der Waals surface area (Å²) in [5.41, 5.74) is 5.83. The molecule has 8 nitrogen and oxygen atoms in total. The molecule has 0 bridgehead atoms. The number of ether oxygens (including phenoxy) is 2. The van der Waals surface area contributed by atoms with Crippen LogP contribution in [0.1, 0.15) is 37.0 Å². The number of carbonyl (C=O) groups is 2. The Morgan fingerprint density at radius 1 is 1.41 bits per heavy atom. The summed E-state index contributed by atoms with van der Waals surface area (Å²) in [4.78, 5) is 29.8. The van der Waals surface area contributed by atoms with Crippen molar-refractivity contribution in [2.45, 2.75) is 44.9 Å². The molecule has 1 aromatic heterocycles. The molecule has 0 spiro atoms. The highest BCUT2D eigenvalue weighted by atomic mass is 16.5. The highest BCUT2D eigenvalue weighted by molar-refractivity contribution is 6.01. The first-order chi connectivity index (χ1) is 13.9. The summed E-state index contributed by atoms with van der Waals surface area (Å²) in [6, 6.07) is 7.29. The molecule has 0 radical (unpaired) electrons. The minimum atomic E-state index is -0.555. The van der Waals surface area contributed by atoms with Crippen LogP contribution in [0, 0.1) is 17.2 Å². The summed E-state index contributed by atoms with van der Waals surface area (Å²) in [6.45, 7) is 4.36. The number of primary amides is 1. The van der Waals surface area contributed by atoms with E-state index < -0.39 is 5.91 Å². The molecule has 2 N–H and O–H groups in total. The second kappa shape index (κ2) is 7.24. The normalized spacial score (nSPS) is 22.3. The number of aromatic nitrogens is 1. The standard InChI is InChI=1S/C21H22N4O4/c1-11(2)28-17-8-13-12(7-14(17)20(23)27)4-6-24-21(13)29-18-9-16-15(18)10-25(16)19(26)3-5-22/h4,6-8,11,15-16,18H,3,9-10H2,1-2H3,(H2,23,27)/t15-,16?,18+/m0/s1. The average molecular weight is 394 g/mol. The summed E-state index contributed by atoms with van der Waals surface area (Å²) in [5, 5.41) is 10.2. The highest BCUT2D eigenvalue weighted by Crippen LogP contribution is 2.45. The Balaban J connectivity index is 1.56. The van der Waals surface area contributed by atoms with E-state index in [1.165, 1.54) is 0 Å². The van der Waals surface area contributed by atoms with E-state index in [-0.39, 0.29) is 36.5 Å². The molecule has 1 aliphatic carbocycles. The van der Waals surface area contributed by atoms with Crippen LogP contribution in [-0.2, 0) is 4.79 Å². The molecule has 4 rings (SSSR count). The Kier molecular flexibility index (Phi) is 4.74. The van der Waals surface area contributed by atoms with Crippen molar-refractivity contribution in [1.82, 2.24) is 9.88 Å². The molecular weight excluding hydrogens is 372 g/mol. The Bertz CT molecular complexity index is 1030. The smallest absolute Gasteiger partial charge is 0.252 e. The van der Waals surface area contributed by atoms with Crippen molar-refractivity contribution in [3.63, 3.8) is 0 Å². The third-order valence-electron chi connectivity index (χ3n) is 5.52. The van der Waals surface area contributed by atoms with Crippen LogP contribution in [0.4, 0.5) is 0 Å². The highest BCUT2D eigenvalue weighted by Gasteiger charge is 2.55. The molecule has 1 saturated carbocycles. The van der Waals surface area contributed by atoms with Gasteiger partial charge in [-0.15, -0.1) is 0 Å². The number of nitrogens with two attached hydrogens (primary N) is 1. The number of carbonyl (C=O) groups excluding carboxylic acids is 2. The third kappa shape index (κ3) is 3.33. The van der Waals surface area contributed by atoms with Gasteiger partial charge in [-0.1, -0.05) is 0 Å². The maximum absolute atomic E-state index is 11.9. The lowest BCUT2D eigenvalue weighted by molar-refractivity contribution is -0.169. The SMILES string of the molecule is CC(C)Oc1cc2c(O[C@@H]3CC4[C@@H]3CN4C(=O)CC#N)nccc2cc1C(N)=O. The van der Waals surface area contributed by atoms with Crippen molar-refractivity contribution >= 4 is 22.6 Å². The number of nitrogens with zero attached hydrogens (tertiary/aromatic N) is 3. The van der Waals surface area contributed by atoms with Gasteiger partial charge < -0.3 is 20.1 Å². The van der Waals surface area contributed by atoms with E-state index in [4.69, 9.17) is 20.5 Å². The fourth-order valence-electron chi connectivity index (χ4n) is 4.01. The van der Waals surface area contributed by atoms with Crippen LogP contribution in [-0.4, -0.2) is 46.5 Å². The quantitative estimate of drug-likeness (QED) is 0.801. The minimum absolute atomic E-state index is 0.0329. The second-order valence-electron chi connectivity index (χ2n) is 7.72. The molecule has 2 fully saturated rings. The summed E-state index contributed by atoms with van der Waals surface area (Å²) in [7, 11) is 0. The molecule has 2 heterocycles.